The van der Waals surface area contributed by atoms with Gasteiger partial charge in [0.05, 0.1) is 31.6 Å². The molecule has 0 aliphatic carbocycles. The Balaban J connectivity index is 2.48. The smallest absolute Gasteiger partial charge is 0.251 e. The van der Waals surface area contributed by atoms with Gasteiger partial charge < -0.3 is 14.6 Å². The third-order valence-electron chi connectivity index (χ3n) is 2.72. The lowest BCUT2D eigenvalue weighted by Crippen LogP contribution is -2.26. The molecule has 1 aliphatic heterocycles. The number of rotatable bonds is 4. The predicted molar refractivity (Wildman–Crippen MR) is 68.6 cm³/mol. The Bertz CT molecular complexity index is 517. The van der Waals surface area contributed by atoms with Crippen LogP contribution in [0.5, 0.6) is 0 Å². The zero-order valence-corrected chi connectivity index (χ0v) is 9.77. The van der Waals surface area contributed by atoms with E-state index in [1.807, 2.05) is 6.08 Å². The number of ether oxygens (including phenoxy) is 1. The minimum Gasteiger partial charge on any atom is -0.499 e. The molecule has 2 rings (SSSR count). The maximum Gasteiger partial charge on any atom is 0.251 e. The van der Waals surface area contributed by atoms with E-state index in [9.17, 15) is 4.79 Å². The van der Waals surface area contributed by atoms with E-state index in [0.29, 0.717) is 19.6 Å². The number of methoxy groups -OCH3 is 1. The van der Waals surface area contributed by atoms with Crippen molar-refractivity contribution in [3.63, 3.8) is 0 Å². The first kappa shape index (κ1) is 11.4. The molecule has 1 aromatic rings. The Morgan fingerprint density at radius 2 is 2.41 bits per heavy atom. The number of nitrogens with one attached hydrogen (secondary N) is 1. The number of pyridine rings is 1. The van der Waals surface area contributed by atoms with E-state index >= 15 is 0 Å². The fourth-order valence-electron chi connectivity index (χ4n) is 1.82. The van der Waals surface area contributed by atoms with Crippen molar-refractivity contribution in [2.24, 2.45) is 4.99 Å². The molecule has 0 radical (unpaired) electrons. The molecule has 1 N–H and O–H groups in total. The average Bonchev–Trinajstić information content (AvgIpc) is 2.37. The van der Waals surface area contributed by atoms with Gasteiger partial charge >= 0.3 is 0 Å². The molecule has 0 saturated heterocycles. The Morgan fingerprint density at radius 3 is 3.12 bits per heavy atom. The van der Waals surface area contributed by atoms with Crippen LogP contribution in [0, 0.1) is 0 Å². The zero-order chi connectivity index (χ0) is 12.3. The summed E-state index contributed by atoms with van der Waals surface area (Å²) in [7, 11) is 1.62. The zero-order valence-electron chi connectivity index (χ0n) is 9.77. The first-order valence-corrected chi connectivity index (χ1v) is 5.41. The highest BCUT2D eigenvalue weighted by Crippen LogP contribution is 2.22. The molecule has 0 amide bonds. The van der Waals surface area contributed by atoms with Crippen molar-refractivity contribution in [2.75, 3.05) is 25.5 Å². The van der Waals surface area contributed by atoms with Crippen LogP contribution in [0.4, 0.5) is 5.69 Å². The predicted octanol–water partition coefficient (Wildman–Crippen LogP) is 0.962. The van der Waals surface area contributed by atoms with Gasteiger partial charge in [0.1, 0.15) is 5.76 Å². The Morgan fingerprint density at radius 1 is 1.59 bits per heavy atom. The summed E-state index contributed by atoms with van der Waals surface area (Å²) < 4.78 is 6.87. The lowest BCUT2D eigenvalue weighted by Gasteiger charge is -2.20. The van der Waals surface area contributed by atoms with Gasteiger partial charge in [-0.2, -0.15) is 0 Å². The van der Waals surface area contributed by atoms with E-state index in [1.165, 1.54) is 0 Å². The van der Waals surface area contributed by atoms with Gasteiger partial charge in [-0.05, 0) is 12.8 Å². The Labute approximate surface area is 99.4 Å². The van der Waals surface area contributed by atoms with Crippen molar-refractivity contribution in [1.82, 2.24) is 4.57 Å². The fraction of sp³-hybridized carbons (Fsp3) is 0.333. The number of anilines is 1. The second-order valence-electron chi connectivity index (χ2n) is 3.74. The standard InChI is InChI=1S/C12H15N3O2/c1-13-5-6-15-11-7-9(17-2)8-14-10(11)3-4-12(15)16/h3-4,7,14H,1,5-6,8H2,2H3. The molecule has 2 heterocycles. The molecule has 17 heavy (non-hydrogen) atoms. The Kier molecular flexibility index (Phi) is 3.27. The van der Waals surface area contributed by atoms with Crippen LogP contribution in [0.3, 0.4) is 0 Å². The maximum absolute atomic E-state index is 11.8. The van der Waals surface area contributed by atoms with Crippen LogP contribution >= 0.6 is 0 Å². The quantitative estimate of drug-likeness (QED) is 0.788. The van der Waals surface area contributed by atoms with Crippen molar-refractivity contribution in [3.8, 4) is 0 Å². The van der Waals surface area contributed by atoms with E-state index in [1.54, 1.807) is 23.8 Å². The lowest BCUT2D eigenvalue weighted by molar-refractivity contribution is 0.292. The highest BCUT2D eigenvalue weighted by Gasteiger charge is 2.14. The second kappa shape index (κ2) is 4.86. The summed E-state index contributed by atoms with van der Waals surface area (Å²) in [5.41, 5.74) is 1.74. The maximum atomic E-state index is 11.8. The largest absolute Gasteiger partial charge is 0.499 e. The molecule has 5 nitrogen and oxygen atoms in total. The van der Waals surface area contributed by atoms with Gasteiger partial charge in [0.15, 0.2) is 0 Å². The molecular formula is C12H15N3O2. The van der Waals surface area contributed by atoms with Crippen LogP contribution < -0.4 is 10.9 Å². The minimum absolute atomic E-state index is 0.0391. The lowest BCUT2D eigenvalue weighted by atomic mass is 10.2. The van der Waals surface area contributed by atoms with E-state index in [2.05, 4.69) is 17.0 Å². The number of aliphatic imine (C=N–C) groups is 1. The molecule has 0 spiro atoms. The monoisotopic (exact) mass is 233 g/mol. The number of aromatic nitrogens is 1. The third kappa shape index (κ3) is 2.22. The van der Waals surface area contributed by atoms with E-state index in [-0.39, 0.29) is 5.56 Å². The summed E-state index contributed by atoms with van der Waals surface area (Å²) >= 11 is 0. The van der Waals surface area contributed by atoms with Crippen molar-refractivity contribution in [1.29, 1.82) is 0 Å². The first-order valence-electron chi connectivity index (χ1n) is 5.41. The molecular weight excluding hydrogens is 218 g/mol. The van der Waals surface area contributed by atoms with Gasteiger partial charge in [0.25, 0.3) is 5.56 Å². The van der Waals surface area contributed by atoms with Crippen molar-refractivity contribution in [3.05, 3.63) is 33.9 Å². The number of nitrogens with zero attached hydrogens (tertiary/aromatic N) is 2. The highest BCUT2D eigenvalue weighted by atomic mass is 16.5. The summed E-state index contributed by atoms with van der Waals surface area (Å²) in [5.74, 6) is 0.809. The van der Waals surface area contributed by atoms with Crippen molar-refractivity contribution in [2.45, 2.75) is 6.54 Å². The number of fused-ring (bicyclic) bond motifs is 1. The topological polar surface area (TPSA) is 55.6 Å². The van der Waals surface area contributed by atoms with Crippen LogP contribution in [0.15, 0.2) is 27.7 Å². The molecule has 0 aromatic carbocycles. The summed E-state index contributed by atoms with van der Waals surface area (Å²) in [4.78, 5) is 15.6. The SMILES string of the molecule is C=NCCn1c2c(ccc1=O)NCC(OC)=C2. The fourth-order valence-corrected chi connectivity index (χ4v) is 1.82. The molecule has 0 unspecified atom stereocenters. The third-order valence-corrected chi connectivity index (χ3v) is 2.72. The van der Waals surface area contributed by atoms with Gasteiger partial charge in [-0.15, -0.1) is 0 Å². The van der Waals surface area contributed by atoms with Crippen LogP contribution in [0.2, 0.25) is 0 Å². The normalized spacial score (nSPS) is 13.4. The first-order chi connectivity index (χ1) is 8.26. The van der Waals surface area contributed by atoms with Gasteiger partial charge in [0, 0.05) is 18.7 Å². The van der Waals surface area contributed by atoms with E-state index < -0.39 is 0 Å². The van der Waals surface area contributed by atoms with Crippen molar-refractivity contribution < 1.29 is 4.74 Å². The van der Waals surface area contributed by atoms with Gasteiger partial charge in [-0.3, -0.25) is 9.79 Å². The average molecular weight is 233 g/mol. The molecule has 1 aromatic heterocycles. The van der Waals surface area contributed by atoms with Crippen molar-refractivity contribution >= 4 is 18.5 Å². The van der Waals surface area contributed by atoms with Crippen LogP contribution in [0.25, 0.3) is 6.08 Å². The van der Waals surface area contributed by atoms with Crippen LogP contribution in [0.1, 0.15) is 5.69 Å². The highest BCUT2D eigenvalue weighted by molar-refractivity contribution is 5.68. The second-order valence-corrected chi connectivity index (χ2v) is 3.74. The summed E-state index contributed by atoms with van der Waals surface area (Å²) in [6, 6.07) is 3.35. The van der Waals surface area contributed by atoms with E-state index in [0.717, 1.165) is 17.1 Å². The summed E-state index contributed by atoms with van der Waals surface area (Å²) in [5, 5.41) is 3.21. The molecule has 90 valence electrons. The van der Waals surface area contributed by atoms with Crippen LogP contribution in [-0.4, -0.2) is 31.5 Å². The molecule has 0 atom stereocenters. The van der Waals surface area contributed by atoms with E-state index in [4.69, 9.17) is 4.74 Å². The van der Waals surface area contributed by atoms with Gasteiger partial charge in [-0.1, -0.05) is 0 Å². The number of hydrogen-bond donors (Lipinski definition) is 1. The Hall–Kier alpha value is -2.04. The van der Waals surface area contributed by atoms with Gasteiger partial charge in [0.2, 0.25) is 0 Å². The summed E-state index contributed by atoms with van der Waals surface area (Å²) in [6.45, 7) is 5.12. The molecule has 0 saturated carbocycles. The van der Waals surface area contributed by atoms with Gasteiger partial charge in [-0.25, -0.2) is 0 Å². The summed E-state index contributed by atoms with van der Waals surface area (Å²) in [6.07, 6.45) is 1.89. The number of hydrogen-bond acceptors (Lipinski definition) is 4. The molecule has 5 heteroatoms. The molecule has 0 bridgehead atoms. The molecule has 1 aliphatic rings. The van der Waals surface area contributed by atoms with Crippen LogP contribution in [-0.2, 0) is 11.3 Å². The minimum atomic E-state index is -0.0391. The molecule has 0 fully saturated rings.